The lowest BCUT2D eigenvalue weighted by Crippen LogP contribution is -2.49. The Morgan fingerprint density at radius 2 is 2.06 bits per heavy atom. The molecule has 2 amide bonds. The van der Waals surface area contributed by atoms with Crippen LogP contribution >= 0.6 is 0 Å². The van der Waals surface area contributed by atoms with Crippen LogP contribution in [-0.4, -0.2) is 81.3 Å². The molecule has 0 N–H and O–H groups in total. The van der Waals surface area contributed by atoms with Crippen LogP contribution < -0.4 is 0 Å². The van der Waals surface area contributed by atoms with Crippen LogP contribution in [0.25, 0.3) is 0 Å². The molecule has 104 valence electrons. The normalized spacial score (nSPS) is 31.6. The van der Waals surface area contributed by atoms with E-state index in [1.807, 2.05) is 19.0 Å². The van der Waals surface area contributed by atoms with Crippen molar-refractivity contribution in [2.24, 2.45) is 11.8 Å². The maximum absolute atomic E-state index is 12.0. The number of piperidine rings is 1. The van der Waals surface area contributed by atoms with Crippen molar-refractivity contribution in [2.45, 2.75) is 12.5 Å². The van der Waals surface area contributed by atoms with E-state index < -0.39 is 0 Å². The summed E-state index contributed by atoms with van der Waals surface area (Å²) in [6.07, 6.45) is 1.36. The number of carbonyl (C=O) groups is 1. The second-order valence-electron chi connectivity index (χ2n) is 5.97. The van der Waals surface area contributed by atoms with E-state index in [1.54, 1.807) is 4.90 Å². The standard InChI is InChI=1S/C13H25N3O2/c1-14(2)8-12-11-7-16(13(17)15(3)4)6-5-10(11)9-18-12/h10-12H,5-9H2,1-4H3/t10-,11-,12-/m1/s1. The molecule has 2 aliphatic rings. The first kappa shape index (κ1) is 13.6. The van der Waals surface area contributed by atoms with Crippen molar-refractivity contribution < 1.29 is 9.53 Å². The summed E-state index contributed by atoms with van der Waals surface area (Å²) in [6.45, 7) is 3.54. The van der Waals surface area contributed by atoms with Gasteiger partial charge < -0.3 is 19.4 Å². The highest BCUT2D eigenvalue weighted by atomic mass is 16.5. The summed E-state index contributed by atoms with van der Waals surface area (Å²) < 4.78 is 5.91. The Morgan fingerprint density at radius 3 is 2.67 bits per heavy atom. The summed E-state index contributed by atoms with van der Waals surface area (Å²) in [5.74, 6) is 1.14. The quantitative estimate of drug-likeness (QED) is 0.723. The number of amides is 2. The molecule has 0 aromatic rings. The molecule has 0 bridgehead atoms. The number of likely N-dealkylation sites (N-methyl/N-ethyl adjacent to an activating group) is 1. The smallest absolute Gasteiger partial charge is 0.319 e. The monoisotopic (exact) mass is 255 g/mol. The third kappa shape index (κ3) is 2.78. The molecule has 0 unspecified atom stereocenters. The van der Waals surface area contributed by atoms with Gasteiger partial charge in [0.25, 0.3) is 0 Å². The minimum Gasteiger partial charge on any atom is -0.376 e. The van der Waals surface area contributed by atoms with Gasteiger partial charge in [0, 0.05) is 39.6 Å². The van der Waals surface area contributed by atoms with Gasteiger partial charge in [0.15, 0.2) is 0 Å². The van der Waals surface area contributed by atoms with Crippen molar-refractivity contribution >= 4 is 6.03 Å². The minimum atomic E-state index is 0.129. The van der Waals surface area contributed by atoms with Crippen LogP contribution in [0.4, 0.5) is 4.79 Å². The summed E-state index contributed by atoms with van der Waals surface area (Å²) in [7, 11) is 7.78. The lowest BCUT2D eigenvalue weighted by Gasteiger charge is -2.37. The van der Waals surface area contributed by atoms with Crippen molar-refractivity contribution in [1.82, 2.24) is 14.7 Å². The SMILES string of the molecule is CN(C)C[C@H]1OC[C@H]2CCN(C(=O)N(C)C)C[C@H]21. The predicted molar refractivity (Wildman–Crippen MR) is 70.5 cm³/mol. The molecule has 0 aromatic heterocycles. The molecule has 0 spiro atoms. The first-order chi connectivity index (χ1) is 8.49. The molecular weight excluding hydrogens is 230 g/mol. The number of ether oxygens (including phenoxy) is 1. The summed E-state index contributed by atoms with van der Waals surface area (Å²) in [4.78, 5) is 17.8. The molecule has 2 heterocycles. The zero-order chi connectivity index (χ0) is 13.3. The summed E-state index contributed by atoms with van der Waals surface area (Å²) in [6, 6.07) is 0.129. The molecule has 2 rings (SSSR count). The van der Waals surface area contributed by atoms with E-state index in [1.165, 1.54) is 0 Å². The van der Waals surface area contributed by atoms with E-state index in [0.717, 1.165) is 32.7 Å². The number of hydrogen-bond donors (Lipinski definition) is 0. The number of likely N-dealkylation sites (tertiary alicyclic amines) is 1. The molecule has 3 atom stereocenters. The van der Waals surface area contributed by atoms with E-state index >= 15 is 0 Å². The van der Waals surface area contributed by atoms with Crippen LogP contribution in [0.2, 0.25) is 0 Å². The van der Waals surface area contributed by atoms with E-state index in [0.29, 0.717) is 11.8 Å². The number of fused-ring (bicyclic) bond motifs is 1. The zero-order valence-electron chi connectivity index (χ0n) is 11.9. The maximum atomic E-state index is 12.0. The molecule has 0 aliphatic carbocycles. The fourth-order valence-corrected chi connectivity index (χ4v) is 3.03. The number of nitrogens with zero attached hydrogens (tertiary/aromatic N) is 3. The van der Waals surface area contributed by atoms with E-state index in [9.17, 15) is 4.79 Å². The summed E-state index contributed by atoms with van der Waals surface area (Å²) in [5.41, 5.74) is 0. The highest BCUT2D eigenvalue weighted by Crippen LogP contribution is 2.34. The average Bonchev–Trinajstić information content (AvgIpc) is 2.70. The van der Waals surface area contributed by atoms with Gasteiger partial charge in [0.05, 0.1) is 12.7 Å². The van der Waals surface area contributed by atoms with Gasteiger partial charge >= 0.3 is 6.03 Å². The Kier molecular flexibility index (Phi) is 4.12. The highest BCUT2D eigenvalue weighted by Gasteiger charge is 2.42. The van der Waals surface area contributed by atoms with Gasteiger partial charge in [-0.1, -0.05) is 0 Å². The lowest BCUT2D eigenvalue weighted by atomic mass is 9.84. The van der Waals surface area contributed by atoms with Crippen LogP contribution in [0.15, 0.2) is 0 Å². The third-order valence-electron chi connectivity index (χ3n) is 4.01. The van der Waals surface area contributed by atoms with Gasteiger partial charge in [0.2, 0.25) is 0 Å². The number of rotatable bonds is 2. The second kappa shape index (κ2) is 5.45. The number of hydrogen-bond acceptors (Lipinski definition) is 3. The Morgan fingerprint density at radius 1 is 1.33 bits per heavy atom. The highest BCUT2D eigenvalue weighted by molar-refractivity contribution is 5.73. The lowest BCUT2D eigenvalue weighted by molar-refractivity contribution is 0.0582. The average molecular weight is 255 g/mol. The molecule has 18 heavy (non-hydrogen) atoms. The molecular formula is C13H25N3O2. The van der Waals surface area contributed by atoms with Crippen LogP contribution in [0.1, 0.15) is 6.42 Å². The van der Waals surface area contributed by atoms with E-state index in [-0.39, 0.29) is 12.1 Å². The summed E-state index contributed by atoms with van der Waals surface area (Å²) in [5, 5.41) is 0. The molecule has 5 nitrogen and oxygen atoms in total. The van der Waals surface area contributed by atoms with Crippen LogP contribution in [0, 0.1) is 11.8 Å². The van der Waals surface area contributed by atoms with E-state index in [2.05, 4.69) is 19.0 Å². The van der Waals surface area contributed by atoms with Gasteiger partial charge in [-0.05, 0) is 26.4 Å². The largest absolute Gasteiger partial charge is 0.376 e. The molecule has 5 heteroatoms. The van der Waals surface area contributed by atoms with Crippen molar-refractivity contribution in [1.29, 1.82) is 0 Å². The molecule has 0 radical (unpaired) electrons. The van der Waals surface area contributed by atoms with Crippen molar-refractivity contribution in [3.8, 4) is 0 Å². The second-order valence-corrected chi connectivity index (χ2v) is 5.97. The van der Waals surface area contributed by atoms with Gasteiger partial charge in [0.1, 0.15) is 0 Å². The number of carbonyl (C=O) groups excluding carboxylic acids is 1. The molecule has 2 saturated heterocycles. The Balaban J connectivity index is 1.98. The first-order valence-corrected chi connectivity index (χ1v) is 6.71. The third-order valence-corrected chi connectivity index (χ3v) is 4.01. The minimum absolute atomic E-state index is 0.129. The predicted octanol–water partition coefficient (Wildman–Crippen LogP) is 0.567. The van der Waals surface area contributed by atoms with Crippen molar-refractivity contribution in [3.05, 3.63) is 0 Å². The van der Waals surface area contributed by atoms with Crippen molar-refractivity contribution in [3.63, 3.8) is 0 Å². The van der Waals surface area contributed by atoms with Gasteiger partial charge in [-0.15, -0.1) is 0 Å². The van der Waals surface area contributed by atoms with Crippen molar-refractivity contribution in [2.75, 3.05) is 54.4 Å². The van der Waals surface area contributed by atoms with Crippen LogP contribution in [0.3, 0.4) is 0 Å². The maximum Gasteiger partial charge on any atom is 0.319 e. The van der Waals surface area contributed by atoms with Gasteiger partial charge in [-0.2, -0.15) is 0 Å². The fourth-order valence-electron chi connectivity index (χ4n) is 3.03. The topological polar surface area (TPSA) is 36.0 Å². The molecule has 2 aliphatic heterocycles. The van der Waals surface area contributed by atoms with Gasteiger partial charge in [-0.25, -0.2) is 4.79 Å². The first-order valence-electron chi connectivity index (χ1n) is 6.71. The van der Waals surface area contributed by atoms with E-state index in [4.69, 9.17) is 4.74 Å². The Hall–Kier alpha value is -0.810. The Bertz CT molecular complexity index is 307. The fraction of sp³-hybridized carbons (Fsp3) is 0.923. The van der Waals surface area contributed by atoms with Gasteiger partial charge in [-0.3, -0.25) is 0 Å². The van der Waals surface area contributed by atoms with Crippen LogP contribution in [0.5, 0.6) is 0 Å². The zero-order valence-corrected chi connectivity index (χ0v) is 11.9. The number of urea groups is 1. The van der Waals surface area contributed by atoms with Crippen LogP contribution in [-0.2, 0) is 4.74 Å². The summed E-state index contributed by atoms with van der Waals surface area (Å²) >= 11 is 0. The molecule has 0 aromatic carbocycles. The Labute approximate surface area is 110 Å². The molecule has 2 fully saturated rings. The molecule has 0 saturated carbocycles.